The molecule has 0 spiro atoms. The molecule has 0 amide bonds. The van der Waals surface area contributed by atoms with Crippen LogP contribution in [-0.2, 0) is 0 Å². The van der Waals surface area contributed by atoms with Crippen molar-refractivity contribution >= 4 is 28.2 Å². The van der Waals surface area contributed by atoms with Crippen molar-refractivity contribution in [2.45, 2.75) is 0 Å². The van der Waals surface area contributed by atoms with Gasteiger partial charge in [0.15, 0.2) is 0 Å². The molecule has 2 rings (SSSR count). The zero-order chi connectivity index (χ0) is 9.42. The van der Waals surface area contributed by atoms with Crippen molar-refractivity contribution in [1.29, 1.82) is 0 Å². The van der Waals surface area contributed by atoms with Crippen LogP contribution < -0.4 is 0 Å². The Labute approximate surface area is 77.5 Å². The van der Waals surface area contributed by atoms with Gasteiger partial charge in [0.25, 0.3) is 5.69 Å². The molecular formula is C7H4ClN3O2. The topological polar surface area (TPSA) is 71.8 Å². The van der Waals surface area contributed by atoms with Crippen LogP contribution in [0.4, 0.5) is 5.69 Å². The molecule has 0 saturated carbocycles. The molecule has 1 N–H and O–H groups in total. The lowest BCUT2D eigenvalue weighted by Crippen LogP contribution is -1.89. The summed E-state index contributed by atoms with van der Waals surface area (Å²) in [7, 11) is 0. The molecule has 2 heterocycles. The minimum Gasteiger partial charge on any atom is -0.358 e. The van der Waals surface area contributed by atoms with Crippen LogP contribution >= 0.6 is 11.6 Å². The summed E-state index contributed by atoms with van der Waals surface area (Å²) in [6.45, 7) is 0. The quantitative estimate of drug-likeness (QED) is 0.562. The first-order valence-corrected chi connectivity index (χ1v) is 3.83. The molecule has 0 fully saturated rings. The Morgan fingerprint density at radius 3 is 3.00 bits per heavy atom. The van der Waals surface area contributed by atoms with Gasteiger partial charge in [0.1, 0.15) is 6.20 Å². The fourth-order valence-electron chi connectivity index (χ4n) is 1.16. The number of rotatable bonds is 1. The third kappa shape index (κ3) is 1.13. The number of hydrogen-bond donors (Lipinski definition) is 1. The molecule has 0 aliphatic heterocycles. The first-order valence-electron chi connectivity index (χ1n) is 3.45. The maximum Gasteiger partial charge on any atom is 0.298 e. The van der Waals surface area contributed by atoms with Gasteiger partial charge >= 0.3 is 0 Å². The summed E-state index contributed by atoms with van der Waals surface area (Å²) in [5, 5.41) is 11.3. The van der Waals surface area contributed by atoms with Crippen molar-refractivity contribution in [3.63, 3.8) is 0 Å². The Morgan fingerprint density at radius 2 is 2.31 bits per heavy atom. The minimum absolute atomic E-state index is 0.0799. The summed E-state index contributed by atoms with van der Waals surface area (Å²) in [4.78, 5) is 16.6. The van der Waals surface area contributed by atoms with Crippen LogP contribution in [0.3, 0.4) is 0 Å². The lowest BCUT2D eigenvalue weighted by molar-refractivity contribution is -0.383. The van der Waals surface area contributed by atoms with E-state index in [-0.39, 0.29) is 5.69 Å². The van der Waals surface area contributed by atoms with Crippen molar-refractivity contribution in [2.75, 3.05) is 0 Å². The van der Waals surface area contributed by atoms with E-state index < -0.39 is 4.92 Å². The second kappa shape index (κ2) is 2.70. The summed E-state index contributed by atoms with van der Waals surface area (Å²) in [6.07, 6.45) is 4.18. The van der Waals surface area contributed by atoms with Crippen LogP contribution in [0.2, 0.25) is 5.02 Å². The number of halogens is 1. The fourth-order valence-corrected chi connectivity index (χ4v) is 1.41. The molecule has 2 aromatic rings. The van der Waals surface area contributed by atoms with Gasteiger partial charge in [0.2, 0.25) is 0 Å². The van der Waals surface area contributed by atoms with Gasteiger partial charge in [-0.2, -0.15) is 0 Å². The highest BCUT2D eigenvalue weighted by Gasteiger charge is 2.15. The molecule has 6 heteroatoms. The highest BCUT2D eigenvalue weighted by molar-refractivity contribution is 6.36. The molecule has 0 aromatic carbocycles. The first kappa shape index (κ1) is 8.00. The number of nitro groups is 1. The molecule has 0 aliphatic carbocycles. The number of aromatic amines is 1. The van der Waals surface area contributed by atoms with Crippen molar-refractivity contribution in [3.05, 3.63) is 33.7 Å². The highest BCUT2D eigenvalue weighted by Crippen LogP contribution is 2.30. The molecular weight excluding hydrogens is 194 g/mol. The second-order valence-electron chi connectivity index (χ2n) is 2.47. The summed E-state index contributed by atoms with van der Waals surface area (Å²) in [5.74, 6) is 0. The molecule has 13 heavy (non-hydrogen) atoms. The SMILES string of the molecule is O=[N+]([O-])c1cncc2[nH]cc(Cl)c12. The number of pyridine rings is 1. The van der Waals surface area contributed by atoms with Crippen LogP contribution in [-0.4, -0.2) is 14.9 Å². The largest absolute Gasteiger partial charge is 0.358 e. The number of fused-ring (bicyclic) bond motifs is 1. The van der Waals surface area contributed by atoms with Crippen molar-refractivity contribution in [2.24, 2.45) is 0 Å². The zero-order valence-electron chi connectivity index (χ0n) is 6.32. The highest BCUT2D eigenvalue weighted by atomic mass is 35.5. The van der Waals surface area contributed by atoms with E-state index >= 15 is 0 Å². The molecule has 2 aromatic heterocycles. The van der Waals surface area contributed by atoms with Crippen LogP contribution in [0.5, 0.6) is 0 Å². The summed E-state index contributed by atoms with van der Waals surface area (Å²) < 4.78 is 0. The van der Waals surface area contributed by atoms with E-state index in [9.17, 15) is 10.1 Å². The number of aromatic nitrogens is 2. The third-order valence-electron chi connectivity index (χ3n) is 1.72. The lowest BCUT2D eigenvalue weighted by Gasteiger charge is -1.92. The Hall–Kier alpha value is -1.62. The van der Waals surface area contributed by atoms with Crippen molar-refractivity contribution in [3.8, 4) is 0 Å². The van der Waals surface area contributed by atoms with Gasteiger partial charge in [-0.3, -0.25) is 15.1 Å². The average Bonchev–Trinajstić information content (AvgIpc) is 2.48. The van der Waals surface area contributed by atoms with E-state index in [4.69, 9.17) is 11.6 Å². The van der Waals surface area contributed by atoms with Gasteiger partial charge < -0.3 is 4.98 Å². The minimum atomic E-state index is -0.505. The number of nitrogens with one attached hydrogen (secondary N) is 1. The smallest absolute Gasteiger partial charge is 0.298 e. The maximum atomic E-state index is 10.6. The van der Waals surface area contributed by atoms with E-state index in [1.807, 2.05) is 0 Å². The maximum absolute atomic E-state index is 10.6. The van der Waals surface area contributed by atoms with Gasteiger partial charge in [0.05, 0.1) is 27.0 Å². The van der Waals surface area contributed by atoms with Gasteiger partial charge in [-0.1, -0.05) is 11.6 Å². The van der Waals surface area contributed by atoms with Crippen LogP contribution in [0, 0.1) is 10.1 Å². The van der Waals surface area contributed by atoms with Gasteiger partial charge in [0, 0.05) is 6.20 Å². The molecule has 0 aliphatic rings. The van der Waals surface area contributed by atoms with Crippen molar-refractivity contribution in [1.82, 2.24) is 9.97 Å². The summed E-state index contributed by atoms with van der Waals surface area (Å²) in [6, 6.07) is 0. The Balaban J connectivity index is 2.88. The number of hydrogen-bond acceptors (Lipinski definition) is 3. The molecule has 5 nitrogen and oxygen atoms in total. The Morgan fingerprint density at radius 1 is 1.54 bits per heavy atom. The monoisotopic (exact) mass is 197 g/mol. The molecule has 0 bridgehead atoms. The zero-order valence-corrected chi connectivity index (χ0v) is 7.08. The molecule has 66 valence electrons. The Kier molecular flexibility index (Phi) is 1.66. The normalized spacial score (nSPS) is 10.5. The average molecular weight is 198 g/mol. The van der Waals surface area contributed by atoms with Crippen LogP contribution in [0.25, 0.3) is 10.9 Å². The van der Waals surface area contributed by atoms with E-state index in [0.29, 0.717) is 15.9 Å². The lowest BCUT2D eigenvalue weighted by atomic mass is 10.3. The van der Waals surface area contributed by atoms with E-state index in [1.54, 1.807) is 0 Å². The third-order valence-corrected chi connectivity index (χ3v) is 2.01. The molecule has 0 saturated heterocycles. The predicted molar refractivity (Wildman–Crippen MR) is 47.8 cm³/mol. The Bertz CT molecular complexity index is 480. The van der Waals surface area contributed by atoms with E-state index in [0.717, 1.165) is 0 Å². The van der Waals surface area contributed by atoms with Crippen LogP contribution in [0.1, 0.15) is 0 Å². The fraction of sp³-hybridized carbons (Fsp3) is 0. The predicted octanol–water partition coefficient (Wildman–Crippen LogP) is 2.12. The molecule has 0 radical (unpaired) electrons. The van der Waals surface area contributed by atoms with E-state index in [2.05, 4.69) is 9.97 Å². The van der Waals surface area contributed by atoms with Gasteiger partial charge in [-0.15, -0.1) is 0 Å². The standard InChI is InChI=1S/C7H4ClN3O2/c8-4-1-10-5-2-9-3-6(7(4)5)11(12)13/h1-3,10H. The van der Waals surface area contributed by atoms with Gasteiger partial charge in [-0.05, 0) is 0 Å². The molecule has 0 unspecified atom stereocenters. The molecule has 0 atom stereocenters. The second-order valence-corrected chi connectivity index (χ2v) is 2.88. The summed E-state index contributed by atoms with van der Waals surface area (Å²) in [5.41, 5.74) is 0.489. The van der Waals surface area contributed by atoms with E-state index in [1.165, 1.54) is 18.6 Å². The van der Waals surface area contributed by atoms with Crippen molar-refractivity contribution < 1.29 is 4.92 Å². The first-order chi connectivity index (χ1) is 6.20. The summed E-state index contributed by atoms with van der Waals surface area (Å²) >= 11 is 5.76. The number of H-pyrrole nitrogens is 1. The van der Waals surface area contributed by atoms with Gasteiger partial charge in [-0.25, -0.2) is 0 Å². The number of nitrogens with zero attached hydrogens (tertiary/aromatic N) is 2. The van der Waals surface area contributed by atoms with Crippen LogP contribution in [0.15, 0.2) is 18.6 Å².